The zero-order chi connectivity index (χ0) is 14.1. The van der Waals surface area contributed by atoms with Crippen molar-refractivity contribution in [2.45, 2.75) is 51.7 Å². The van der Waals surface area contributed by atoms with Crippen LogP contribution in [0.4, 0.5) is 0 Å². The van der Waals surface area contributed by atoms with E-state index in [-0.39, 0.29) is 0 Å². The standard InChI is InChI=1S/C15H23N5/c1-11(2)19-7-4-6-13(19)9-14-17-18-15-12(10-16)5-3-8-20(14)15/h3,5,8,11,13H,4,6-7,9-10,16H2,1-2H3. The van der Waals surface area contributed by atoms with Crippen molar-refractivity contribution < 1.29 is 0 Å². The lowest BCUT2D eigenvalue weighted by molar-refractivity contribution is 0.200. The highest BCUT2D eigenvalue weighted by Gasteiger charge is 2.28. The average Bonchev–Trinajstić information content (AvgIpc) is 3.06. The average molecular weight is 273 g/mol. The first-order valence-electron chi connectivity index (χ1n) is 7.48. The van der Waals surface area contributed by atoms with Gasteiger partial charge in [-0.15, -0.1) is 10.2 Å². The summed E-state index contributed by atoms with van der Waals surface area (Å²) in [7, 11) is 0. The lowest BCUT2D eigenvalue weighted by Crippen LogP contribution is -2.37. The van der Waals surface area contributed by atoms with Gasteiger partial charge in [0.15, 0.2) is 5.65 Å². The normalized spacial score (nSPS) is 20.3. The molecule has 0 aromatic carbocycles. The van der Waals surface area contributed by atoms with Gasteiger partial charge in [0.25, 0.3) is 0 Å². The maximum Gasteiger partial charge on any atom is 0.165 e. The number of aromatic nitrogens is 3. The molecular weight excluding hydrogens is 250 g/mol. The molecule has 1 aliphatic rings. The van der Waals surface area contributed by atoms with Crippen LogP contribution in [-0.2, 0) is 13.0 Å². The number of hydrogen-bond acceptors (Lipinski definition) is 4. The molecule has 1 aliphatic heterocycles. The fourth-order valence-electron chi connectivity index (χ4n) is 3.29. The molecule has 2 aromatic rings. The van der Waals surface area contributed by atoms with Crippen LogP contribution in [0.2, 0.25) is 0 Å². The Bertz CT molecular complexity index is 589. The highest BCUT2D eigenvalue weighted by atomic mass is 15.3. The quantitative estimate of drug-likeness (QED) is 0.919. The van der Waals surface area contributed by atoms with Crippen LogP contribution in [0.5, 0.6) is 0 Å². The van der Waals surface area contributed by atoms with Gasteiger partial charge in [-0.3, -0.25) is 9.30 Å². The summed E-state index contributed by atoms with van der Waals surface area (Å²) >= 11 is 0. The number of rotatable bonds is 4. The molecule has 0 aliphatic carbocycles. The fourth-order valence-corrected chi connectivity index (χ4v) is 3.29. The SMILES string of the molecule is CC(C)N1CCCC1Cc1nnc2c(CN)cccn12. The maximum atomic E-state index is 5.76. The Morgan fingerprint density at radius 3 is 3.00 bits per heavy atom. The van der Waals surface area contributed by atoms with Gasteiger partial charge in [0.2, 0.25) is 0 Å². The summed E-state index contributed by atoms with van der Waals surface area (Å²) in [6.45, 7) is 6.25. The van der Waals surface area contributed by atoms with Crippen LogP contribution in [0, 0.1) is 0 Å². The van der Waals surface area contributed by atoms with Crippen LogP contribution >= 0.6 is 0 Å². The number of pyridine rings is 1. The Hall–Kier alpha value is -1.46. The molecule has 1 unspecified atom stereocenters. The molecule has 0 saturated carbocycles. The summed E-state index contributed by atoms with van der Waals surface area (Å²) in [5.41, 5.74) is 7.72. The third kappa shape index (κ3) is 2.31. The zero-order valence-corrected chi connectivity index (χ0v) is 12.3. The Labute approximate surface area is 119 Å². The fraction of sp³-hybridized carbons (Fsp3) is 0.600. The third-order valence-corrected chi connectivity index (χ3v) is 4.31. The third-order valence-electron chi connectivity index (χ3n) is 4.31. The van der Waals surface area contributed by atoms with Crippen molar-refractivity contribution in [1.82, 2.24) is 19.5 Å². The predicted molar refractivity (Wildman–Crippen MR) is 79.4 cm³/mol. The van der Waals surface area contributed by atoms with Crippen molar-refractivity contribution in [2.75, 3.05) is 6.54 Å². The van der Waals surface area contributed by atoms with E-state index in [2.05, 4.69) is 33.3 Å². The highest BCUT2D eigenvalue weighted by molar-refractivity contribution is 5.47. The maximum absolute atomic E-state index is 5.76. The lowest BCUT2D eigenvalue weighted by Gasteiger charge is -2.27. The number of nitrogens with two attached hydrogens (primary N) is 1. The number of nitrogens with zero attached hydrogens (tertiary/aromatic N) is 4. The van der Waals surface area contributed by atoms with Crippen LogP contribution in [0.15, 0.2) is 18.3 Å². The van der Waals surface area contributed by atoms with Gasteiger partial charge in [0.05, 0.1) is 0 Å². The van der Waals surface area contributed by atoms with Gasteiger partial charge >= 0.3 is 0 Å². The molecule has 3 heterocycles. The van der Waals surface area contributed by atoms with E-state index in [9.17, 15) is 0 Å². The molecule has 5 nitrogen and oxygen atoms in total. The van der Waals surface area contributed by atoms with Crippen molar-refractivity contribution in [3.63, 3.8) is 0 Å². The van der Waals surface area contributed by atoms with Gasteiger partial charge < -0.3 is 5.73 Å². The highest BCUT2D eigenvalue weighted by Crippen LogP contribution is 2.23. The van der Waals surface area contributed by atoms with Crippen LogP contribution in [0.3, 0.4) is 0 Å². The Morgan fingerprint density at radius 2 is 2.25 bits per heavy atom. The molecule has 0 radical (unpaired) electrons. The first-order valence-corrected chi connectivity index (χ1v) is 7.48. The van der Waals surface area contributed by atoms with Crippen LogP contribution < -0.4 is 5.73 Å². The van der Waals surface area contributed by atoms with Gasteiger partial charge in [-0.05, 0) is 39.3 Å². The molecule has 1 atom stereocenters. The number of likely N-dealkylation sites (tertiary alicyclic amines) is 1. The second kappa shape index (κ2) is 5.50. The molecule has 0 spiro atoms. The van der Waals surface area contributed by atoms with Crippen molar-refractivity contribution in [3.05, 3.63) is 29.7 Å². The summed E-state index contributed by atoms with van der Waals surface area (Å²) in [6, 6.07) is 5.23. The summed E-state index contributed by atoms with van der Waals surface area (Å²) < 4.78 is 2.10. The molecule has 5 heteroatoms. The van der Waals surface area contributed by atoms with E-state index in [4.69, 9.17) is 5.73 Å². The molecule has 1 saturated heterocycles. The molecular formula is C15H23N5. The van der Waals surface area contributed by atoms with Crippen LogP contribution in [-0.4, -0.2) is 38.1 Å². The smallest absolute Gasteiger partial charge is 0.165 e. The predicted octanol–water partition coefficient (Wildman–Crippen LogP) is 1.60. The second-order valence-electron chi connectivity index (χ2n) is 5.88. The molecule has 3 rings (SSSR count). The van der Waals surface area contributed by atoms with E-state index in [1.54, 1.807) is 0 Å². The van der Waals surface area contributed by atoms with Crippen LogP contribution in [0.25, 0.3) is 5.65 Å². The van der Waals surface area contributed by atoms with Gasteiger partial charge in [0.1, 0.15) is 5.82 Å². The zero-order valence-electron chi connectivity index (χ0n) is 12.3. The Balaban J connectivity index is 1.88. The van der Waals surface area contributed by atoms with Gasteiger partial charge in [-0.25, -0.2) is 0 Å². The Morgan fingerprint density at radius 1 is 1.40 bits per heavy atom. The van der Waals surface area contributed by atoms with E-state index < -0.39 is 0 Å². The van der Waals surface area contributed by atoms with Crippen molar-refractivity contribution >= 4 is 5.65 Å². The van der Waals surface area contributed by atoms with Crippen molar-refractivity contribution in [1.29, 1.82) is 0 Å². The van der Waals surface area contributed by atoms with Gasteiger partial charge in [-0.2, -0.15) is 0 Å². The summed E-state index contributed by atoms with van der Waals surface area (Å²) in [5.74, 6) is 1.05. The van der Waals surface area contributed by atoms with Gasteiger partial charge in [-0.1, -0.05) is 6.07 Å². The minimum Gasteiger partial charge on any atom is -0.326 e. The van der Waals surface area contributed by atoms with Crippen molar-refractivity contribution in [2.24, 2.45) is 5.73 Å². The minimum absolute atomic E-state index is 0.504. The minimum atomic E-state index is 0.504. The molecule has 0 amide bonds. The van der Waals surface area contributed by atoms with Gasteiger partial charge in [0, 0.05) is 36.8 Å². The van der Waals surface area contributed by atoms with E-state index in [0.29, 0.717) is 18.6 Å². The molecule has 2 aromatic heterocycles. The summed E-state index contributed by atoms with van der Waals surface area (Å²) in [5, 5.41) is 8.71. The number of hydrogen-bond donors (Lipinski definition) is 1. The molecule has 20 heavy (non-hydrogen) atoms. The first kappa shape index (κ1) is 13.5. The van der Waals surface area contributed by atoms with E-state index in [0.717, 1.165) is 23.5 Å². The molecule has 0 bridgehead atoms. The Kier molecular flexibility index (Phi) is 3.72. The molecule has 2 N–H and O–H groups in total. The van der Waals surface area contributed by atoms with Crippen molar-refractivity contribution in [3.8, 4) is 0 Å². The van der Waals surface area contributed by atoms with E-state index in [1.807, 2.05) is 18.3 Å². The van der Waals surface area contributed by atoms with E-state index >= 15 is 0 Å². The molecule has 108 valence electrons. The van der Waals surface area contributed by atoms with E-state index in [1.165, 1.54) is 19.4 Å². The molecule has 1 fully saturated rings. The monoisotopic (exact) mass is 273 g/mol. The topological polar surface area (TPSA) is 59.5 Å². The first-order chi connectivity index (χ1) is 9.70. The largest absolute Gasteiger partial charge is 0.326 e. The van der Waals surface area contributed by atoms with Crippen LogP contribution in [0.1, 0.15) is 38.1 Å². The second-order valence-corrected chi connectivity index (χ2v) is 5.88. The lowest BCUT2D eigenvalue weighted by atomic mass is 10.1. The summed E-state index contributed by atoms with van der Waals surface area (Å²) in [6.07, 6.45) is 5.54. The summed E-state index contributed by atoms with van der Waals surface area (Å²) in [4.78, 5) is 2.58. The number of fused-ring (bicyclic) bond motifs is 1.